The summed E-state index contributed by atoms with van der Waals surface area (Å²) in [6.07, 6.45) is 1.67. The smallest absolute Gasteiger partial charge is 0.319 e. The predicted octanol–water partition coefficient (Wildman–Crippen LogP) is 4.31. The minimum absolute atomic E-state index is 0.000579. The van der Waals surface area contributed by atoms with Crippen molar-refractivity contribution in [3.05, 3.63) is 72.1 Å². The van der Waals surface area contributed by atoms with Crippen LogP contribution in [0.3, 0.4) is 0 Å². The largest absolute Gasteiger partial charge is 0.336 e. The number of carbonyl (C=O) groups excluding carboxylic acids is 2. The molecule has 1 heterocycles. The summed E-state index contributed by atoms with van der Waals surface area (Å²) >= 11 is 0. The minimum Gasteiger partial charge on any atom is -0.336 e. The van der Waals surface area contributed by atoms with Gasteiger partial charge in [0, 0.05) is 29.2 Å². The molecule has 3 aromatic rings. The molecule has 4 N–H and O–H groups in total. The van der Waals surface area contributed by atoms with Gasteiger partial charge in [0.15, 0.2) is 0 Å². The summed E-state index contributed by atoms with van der Waals surface area (Å²) in [5, 5.41) is 11.4. The molecule has 0 radical (unpaired) electrons. The number of carbonyl (C=O) groups is 2. The lowest BCUT2D eigenvalue weighted by molar-refractivity contribution is 0.102. The fourth-order valence-electron chi connectivity index (χ4n) is 2.69. The first-order chi connectivity index (χ1) is 14.4. The number of anilines is 4. The molecule has 1 aromatic heterocycles. The molecule has 154 valence electrons. The van der Waals surface area contributed by atoms with Crippen LogP contribution in [0, 0.1) is 6.92 Å². The molecule has 0 fully saturated rings. The van der Waals surface area contributed by atoms with Gasteiger partial charge < -0.3 is 21.3 Å². The van der Waals surface area contributed by atoms with Crippen molar-refractivity contribution in [2.45, 2.75) is 26.8 Å². The number of benzene rings is 2. The van der Waals surface area contributed by atoms with Crippen LogP contribution in [0.15, 0.2) is 60.8 Å². The standard InChI is InChI=1S/C22H24N6O2/c1-14(2)24-22(30)28-19-10-5-4-9-18(19)27-20(29)16-7-6-8-17(13-16)26-21-23-12-11-15(3)25-21/h4-14H,1-3H3,(H,27,29)(H,23,25,26)(H2,24,28,30). The van der Waals surface area contributed by atoms with E-state index in [9.17, 15) is 9.59 Å². The highest BCUT2D eigenvalue weighted by Gasteiger charge is 2.12. The zero-order valence-corrected chi connectivity index (χ0v) is 17.1. The van der Waals surface area contributed by atoms with Crippen LogP contribution >= 0.6 is 0 Å². The second-order valence-corrected chi connectivity index (χ2v) is 6.98. The average molecular weight is 404 g/mol. The van der Waals surface area contributed by atoms with E-state index in [-0.39, 0.29) is 18.0 Å². The van der Waals surface area contributed by atoms with Crippen LogP contribution in [0.1, 0.15) is 29.9 Å². The fourth-order valence-corrected chi connectivity index (χ4v) is 2.69. The molecule has 3 rings (SSSR count). The van der Waals surface area contributed by atoms with E-state index >= 15 is 0 Å². The number of amides is 3. The number of nitrogens with one attached hydrogen (secondary N) is 4. The lowest BCUT2D eigenvalue weighted by atomic mass is 10.1. The van der Waals surface area contributed by atoms with E-state index < -0.39 is 0 Å². The third kappa shape index (κ3) is 5.78. The summed E-state index contributed by atoms with van der Waals surface area (Å²) in [5.74, 6) is 0.153. The van der Waals surface area contributed by atoms with Gasteiger partial charge in [0.05, 0.1) is 11.4 Å². The summed E-state index contributed by atoms with van der Waals surface area (Å²) < 4.78 is 0. The Morgan fingerprint density at radius 3 is 2.37 bits per heavy atom. The molecule has 0 aliphatic carbocycles. The normalized spacial score (nSPS) is 10.4. The van der Waals surface area contributed by atoms with Crippen LogP contribution in [0.5, 0.6) is 0 Å². The highest BCUT2D eigenvalue weighted by molar-refractivity contribution is 6.07. The number of hydrogen-bond donors (Lipinski definition) is 4. The van der Waals surface area contributed by atoms with Gasteiger partial charge >= 0.3 is 6.03 Å². The summed E-state index contributed by atoms with van der Waals surface area (Å²) in [4.78, 5) is 33.3. The van der Waals surface area contributed by atoms with Gasteiger partial charge in [0.2, 0.25) is 5.95 Å². The highest BCUT2D eigenvalue weighted by Crippen LogP contribution is 2.22. The van der Waals surface area contributed by atoms with Gasteiger partial charge in [-0.2, -0.15) is 0 Å². The molecule has 8 nitrogen and oxygen atoms in total. The lowest BCUT2D eigenvalue weighted by Gasteiger charge is -2.14. The molecular weight excluding hydrogens is 380 g/mol. The Morgan fingerprint density at radius 1 is 0.933 bits per heavy atom. The maximum absolute atomic E-state index is 12.8. The van der Waals surface area contributed by atoms with Crippen molar-refractivity contribution in [2.75, 3.05) is 16.0 Å². The summed E-state index contributed by atoms with van der Waals surface area (Å²) in [7, 11) is 0. The predicted molar refractivity (Wildman–Crippen MR) is 118 cm³/mol. The Bertz CT molecular complexity index is 1050. The maximum atomic E-state index is 12.8. The number of aromatic nitrogens is 2. The molecule has 0 bridgehead atoms. The Hall–Kier alpha value is -3.94. The average Bonchev–Trinajstić information content (AvgIpc) is 2.69. The van der Waals surface area contributed by atoms with Crippen molar-refractivity contribution in [3.8, 4) is 0 Å². The van der Waals surface area contributed by atoms with Gasteiger partial charge in [-0.05, 0) is 57.2 Å². The second-order valence-electron chi connectivity index (χ2n) is 6.98. The number of para-hydroxylation sites is 2. The van der Waals surface area contributed by atoms with Crippen molar-refractivity contribution in [2.24, 2.45) is 0 Å². The topological polar surface area (TPSA) is 108 Å². The summed E-state index contributed by atoms with van der Waals surface area (Å²) in [5.41, 5.74) is 2.99. The van der Waals surface area contributed by atoms with E-state index in [4.69, 9.17) is 0 Å². The first-order valence-electron chi connectivity index (χ1n) is 9.55. The fraction of sp³-hybridized carbons (Fsp3) is 0.182. The van der Waals surface area contributed by atoms with E-state index in [0.717, 1.165) is 5.69 Å². The second kappa shape index (κ2) is 9.51. The van der Waals surface area contributed by atoms with Crippen molar-refractivity contribution in [1.82, 2.24) is 15.3 Å². The summed E-state index contributed by atoms with van der Waals surface area (Å²) in [6.45, 7) is 5.62. The Kier molecular flexibility index (Phi) is 6.59. The number of nitrogens with zero attached hydrogens (tertiary/aromatic N) is 2. The summed E-state index contributed by atoms with van der Waals surface area (Å²) in [6, 6.07) is 15.5. The van der Waals surface area contributed by atoms with Crippen LogP contribution in [0.4, 0.5) is 27.8 Å². The SMILES string of the molecule is Cc1ccnc(Nc2cccc(C(=O)Nc3ccccc3NC(=O)NC(C)C)c2)n1. The molecular formula is C22H24N6O2. The van der Waals surface area contributed by atoms with Gasteiger partial charge in [0.1, 0.15) is 0 Å². The zero-order chi connectivity index (χ0) is 21.5. The highest BCUT2D eigenvalue weighted by atomic mass is 16.2. The molecule has 0 saturated carbocycles. The van der Waals surface area contributed by atoms with Crippen molar-refractivity contribution in [3.63, 3.8) is 0 Å². The third-order valence-electron chi connectivity index (χ3n) is 4.02. The molecule has 0 unspecified atom stereocenters. The van der Waals surface area contributed by atoms with Crippen molar-refractivity contribution in [1.29, 1.82) is 0 Å². The monoisotopic (exact) mass is 404 g/mol. The van der Waals surface area contributed by atoms with Crippen LogP contribution < -0.4 is 21.3 Å². The Morgan fingerprint density at radius 2 is 1.67 bits per heavy atom. The molecule has 8 heteroatoms. The third-order valence-corrected chi connectivity index (χ3v) is 4.02. The lowest BCUT2D eigenvalue weighted by Crippen LogP contribution is -2.34. The molecule has 0 spiro atoms. The van der Waals surface area contributed by atoms with E-state index in [1.165, 1.54) is 0 Å². The van der Waals surface area contributed by atoms with Crippen LogP contribution in [0.25, 0.3) is 0 Å². The van der Waals surface area contributed by atoms with Gasteiger partial charge in [-0.15, -0.1) is 0 Å². The van der Waals surface area contributed by atoms with E-state index in [1.807, 2.05) is 32.9 Å². The minimum atomic E-state index is -0.337. The van der Waals surface area contributed by atoms with Crippen molar-refractivity contribution < 1.29 is 9.59 Å². The van der Waals surface area contributed by atoms with Crippen LogP contribution in [0.2, 0.25) is 0 Å². The Labute approximate surface area is 175 Å². The van der Waals surface area contributed by atoms with Gasteiger partial charge in [-0.1, -0.05) is 18.2 Å². The van der Waals surface area contributed by atoms with Crippen molar-refractivity contribution >= 4 is 34.9 Å². The molecule has 0 saturated heterocycles. The van der Waals surface area contributed by atoms with E-state index in [1.54, 1.807) is 48.7 Å². The number of aryl methyl sites for hydroxylation is 1. The van der Waals surface area contributed by atoms with Crippen LogP contribution in [-0.4, -0.2) is 27.9 Å². The zero-order valence-electron chi connectivity index (χ0n) is 17.1. The van der Waals surface area contributed by atoms with Crippen LogP contribution in [-0.2, 0) is 0 Å². The molecule has 0 aliphatic heterocycles. The maximum Gasteiger partial charge on any atom is 0.319 e. The molecule has 0 aliphatic rings. The molecule has 3 amide bonds. The van der Waals surface area contributed by atoms with E-state index in [2.05, 4.69) is 31.2 Å². The van der Waals surface area contributed by atoms with Gasteiger partial charge in [0.25, 0.3) is 5.91 Å². The first-order valence-corrected chi connectivity index (χ1v) is 9.55. The molecule has 30 heavy (non-hydrogen) atoms. The number of urea groups is 1. The van der Waals surface area contributed by atoms with Gasteiger partial charge in [-0.25, -0.2) is 14.8 Å². The Balaban J connectivity index is 1.73. The first kappa shape index (κ1) is 20.8. The molecule has 0 atom stereocenters. The number of rotatable bonds is 6. The number of hydrogen-bond acceptors (Lipinski definition) is 5. The quantitative estimate of drug-likeness (QED) is 0.490. The molecule has 2 aromatic carbocycles. The van der Waals surface area contributed by atoms with E-state index in [0.29, 0.717) is 28.6 Å². The van der Waals surface area contributed by atoms with Gasteiger partial charge in [-0.3, -0.25) is 4.79 Å².